The van der Waals surface area contributed by atoms with Gasteiger partial charge in [-0.25, -0.2) is 4.98 Å². The summed E-state index contributed by atoms with van der Waals surface area (Å²) in [5, 5.41) is 22.5. The van der Waals surface area contributed by atoms with Crippen LogP contribution in [-0.4, -0.2) is 34.9 Å². The van der Waals surface area contributed by atoms with Crippen molar-refractivity contribution in [1.29, 1.82) is 0 Å². The summed E-state index contributed by atoms with van der Waals surface area (Å²) in [4.78, 5) is 3.88. The van der Waals surface area contributed by atoms with Crippen LogP contribution in [0.25, 0.3) is 0 Å². The fraction of sp³-hybridized carbons (Fsp3) is 0.500. The fourth-order valence-electron chi connectivity index (χ4n) is 1.40. The minimum atomic E-state index is -1.02. The van der Waals surface area contributed by atoms with Crippen LogP contribution in [0.4, 0.5) is 0 Å². The van der Waals surface area contributed by atoms with Crippen molar-refractivity contribution in [3.8, 4) is 0 Å². The molecule has 0 saturated heterocycles. The zero-order valence-electron chi connectivity index (χ0n) is 8.74. The number of likely N-dealkylation sites (N-methyl/N-ethyl adjacent to an activating group) is 1. The summed E-state index contributed by atoms with van der Waals surface area (Å²) >= 11 is 5.87. The molecule has 0 aliphatic rings. The minimum absolute atomic E-state index is 0.234. The quantitative estimate of drug-likeness (QED) is 0.665. The topological polar surface area (TPSA) is 65.4 Å². The largest absolute Gasteiger partial charge is 0.389 e. The number of aryl methyl sites for hydroxylation is 1. The molecule has 0 amide bonds. The van der Waals surface area contributed by atoms with E-state index in [2.05, 4.69) is 10.3 Å². The predicted octanol–water partition coefficient (Wildman–Crippen LogP) is 0.657. The number of aliphatic hydroxyl groups is 2. The lowest BCUT2D eigenvalue weighted by molar-refractivity contribution is 0.0197. The van der Waals surface area contributed by atoms with Crippen LogP contribution in [0.3, 0.4) is 0 Å². The zero-order chi connectivity index (χ0) is 11.4. The van der Waals surface area contributed by atoms with E-state index in [4.69, 9.17) is 11.6 Å². The van der Waals surface area contributed by atoms with Crippen molar-refractivity contribution in [1.82, 2.24) is 10.3 Å². The van der Waals surface area contributed by atoms with E-state index in [0.717, 1.165) is 5.56 Å². The number of aliphatic hydroxyl groups excluding tert-OH is 2. The molecule has 4 nitrogen and oxygen atoms in total. The van der Waals surface area contributed by atoms with Crippen LogP contribution < -0.4 is 5.32 Å². The molecule has 0 aliphatic carbocycles. The van der Waals surface area contributed by atoms with E-state index >= 15 is 0 Å². The van der Waals surface area contributed by atoms with Gasteiger partial charge >= 0.3 is 0 Å². The smallest absolute Gasteiger partial charge is 0.135 e. The van der Waals surface area contributed by atoms with Crippen LogP contribution in [0.1, 0.15) is 17.2 Å². The van der Waals surface area contributed by atoms with Gasteiger partial charge in [0, 0.05) is 18.3 Å². The Bertz CT molecular complexity index is 313. The Morgan fingerprint density at radius 2 is 2.20 bits per heavy atom. The standard InChI is InChI=1S/C10H15ClN2O2/c1-6-3-4-13-10(11)8(6)9(15)7(14)5-12-2/h3-4,7,9,12,14-15H,5H2,1-2H3. The number of nitrogens with one attached hydrogen (secondary N) is 1. The highest BCUT2D eigenvalue weighted by molar-refractivity contribution is 6.30. The third kappa shape index (κ3) is 2.89. The normalized spacial score (nSPS) is 15.0. The highest BCUT2D eigenvalue weighted by Crippen LogP contribution is 2.26. The van der Waals surface area contributed by atoms with Gasteiger partial charge in [0.15, 0.2) is 0 Å². The Morgan fingerprint density at radius 3 is 2.73 bits per heavy atom. The van der Waals surface area contributed by atoms with Crippen LogP contribution in [0.15, 0.2) is 12.3 Å². The molecular formula is C10H15ClN2O2. The molecule has 0 radical (unpaired) electrons. The second kappa shape index (κ2) is 5.42. The maximum absolute atomic E-state index is 9.87. The van der Waals surface area contributed by atoms with Crippen LogP contribution in [0.5, 0.6) is 0 Å². The van der Waals surface area contributed by atoms with Crippen LogP contribution in [-0.2, 0) is 0 Å². The minimum Gasteiger partial charge on any atom is -0.389 e. The van der Waals surface area contributed by atoms with Crippen molar-refractivity contribution >= 4 is 11.6 Å². The van der Waals surface area contributed by atoms with Crippen LogP contribution in [0, 0.1) is 6.92 Å². The molecule has 2 atom stereocenters. The molecular weight excluding hydrogens is 216 g/mol. The van der Waals surface area contributed by atoms with Gasteiger partial charge in [-0.15, -0.1) is 0 Å². The Kier molecular flexibility index (Phi) is 4.47. The molecule has 0 spiro atoms. The van der Waals surface area contributed by atoms with Gasteiger partial charge in [0.05, 0.1) is 6.10 Å². The number of halogens is 1. The molecule has 1 heterocycles. The van der Waals surface area contributed by atoms with Gasteiger partial charge in [0.2, 0.25) is 0 Å². The molecule has 3 N–H and O–H groups in total. The summed E-state index contributed by atoms with van der Waals surface area (Å²) in [5.74, 6) is 0. The first-order valence-electron chi connectivity index (χ1n) is 4.69. The summed E-state index contributed by atoms with van der Waals surface area (Å²) < 4.78 is 0. The maximum atomic E-state index is 9.87. The second-order valence-electron chi connectivity index (χ2n) is 3.40. The van der Waals surface area contributed by atoms with Gasteiger partial charge in [0.25, 0.3) is 0 Å². The lowest BCUT2D eigenvalue weighted by Gasteiger charge is -2.20. The van der Waals surface area contributed by atoms with E-state index in [1.54, 1.807) is 19.3 Å². The second-order valence-corrected chi connectivity index (χ2v) is 3.76. The molecule has 0 saturated carbocycles. The first kappa shape index (κ1) is 12.4. The van der Waals surface area contributed by atoms with Crippen molar-refractivity contribution in [2.24, 2.45) is 0 Å². The van der Waals surface area contributed by atoms with Gasteiger partial charge in [0.1, 0.15) is 11.3 Å². The number of nitrogens with zero attached hydrogens (tertiary/aromatic N) is 1. The molecule has 2 unspecified atom stereocenters. The first-order chi connectivity index (χ1) is 7.07. The van der Waals surface area contributed by atoms with Gasteiger partial charge < -0.3 is 15.5 Å². The highest BCUT2D eigenvalue weighted by Gasteiger charge is 2.22. The molecule has 15 heavy (non-hydrogen) atoms. The van der Waals surface area contributed by atoms with Crippen molar-refractivity contribution < 1.29 is 10.2 Å². The third-order valence-electron chi connectivity index (χ3n) is 2.23. The van der Waals surface area contributed by atoms with E-state index < -0.39 is 12.2 Å². The molecule has 0 aliphatic heterocycles. The molecule has 0 bridgehead atoms. The van der Waals surface area contributed by atoms with Crippen molar-refractivity contribution in [3.05, 3.63) is 28.5 Å². The summed E-state index contributed by atoms with van der Waals surface area (Å²) in [6, 6.07) is 1.75. The molecule has 1 rings (SSSR count). The molecule has 84 valence electrons. The average molecular weight is 231 g/mol. The monoisotopic (exact) mass is 230 g/mol. The van der Waals surface area contributed by atoms with Gasteiger partial charge in [-0.05, 0) is 25.6 Å². The maximum Gasteiger partial charge on any atom is 0.135 e. The van der Waals surface area contributed by atoms with E-state index in [-0.39, 0.29) is 5.15 Å². The summed E-state index contributed by atoms with van der Waals surface area (Å²) in [5.41, 5.74) is 1.31. The summed E-state index contributed by atoms with van der Waals surface area (Å²) in [7, 11) is 1.70. The Labute approximate surface area is 93.9 Å². The average Bonchev–Trinajstić information content (AvgIpc) is 2.17. The van der Waals surface area contributed by atoms with Crippen LogP contribution >= 0.6 is 11.6 Å². The number of rotatable bonds is 4. The Morgan fingerprint density at radius 1 is 1.53 bits per heavy atom. The van der Waals surface area contributed by atoms with Crippen molar-refractivity contribution in [2.75, 3.05) is 13.6 Å². The Hall–Kier alpha value is -0.680. The Balaban J connectivity index is 2.94. The molecule has 1 aromatic rings. The number of pyridine rings is 1. The van der Waals surface area contributed by atoms with Gasteiger partial charge in [-0.3, -0.25) is 0 Å². The summed E-state index contributed by atoms with van der Waals surface area (Å²) in [6.45, 7) is 2.12. The molecule has 1 aromatic heterocycles. The van der Waals surface area contributed by atoms with Crippen molar-refractivity contribution in [3.63, 3.8) is 0 Å². The lowest BCUT2D eigenvalue weighted by Crippen LogP contribution is -2.30. The van der Waals surface area contributed by atoms with Crippen molar-refractivity contribution in [2.45, 2.75) is 19.1 Å². The molecule has 0 fully saturated rings. The number of hydrogen-bond donors (Lipinski definition) is 3. The SMILES string of the molecule is CNCC(O)C(O)c1c(C)ccnc1Cl. The van der Waals surface area contributed by atoms with E-state index in [9.17, 15) is 10.2 Å². The van der Waals surface area contributed by atoms with Gasteiger partial charge in [-0.2, -0.15) is 0 Å². The zero-order valence-corrected chi connectivity index (χ0v) is 9.49. The van der Waals surface area contributed by atoms with E-state index in [1.165, 1.54) is 0 Å². The molecule has 5 heteroatoms. The fourth-order valence-corrected chi connectivity index (χ4v) is 1.72. The van der Waals surface area contributed by atoms with Gasteiger partial charge in [-0.1, -0.05) is 11.6 Å². The molecule has 0 aromatic carbocycles. The van der Waals surface area contributed by atoms with E-state index in [1.807, 2.05) is 6.92 Å². The number of hydrogen-bond acceptors (Lipinski definition) is 4. The van der Waals surface area contributed by atoms with Crippen LogP contribution in [0.2, 0.25) is 5.15 Å². The number of aromatic nitrogens is 1. The highest BCUT2D eigenvalue weighted by atomic mass is 35.5. The van der Waals surface area contributed by atoms with E-state index in [0.29, 0.717) is 12.1 Å². The summed E-state index contributed by atoms with van der Waals surface area (Å²) in [6.07, 6.45) is -0.340. The predicted molar refractivity (Wildman–Crippen MR) is 58.9 cm³/mol. The first-order valence-corrected chi connectivity index (χ1v) is 5.07. The lowest BCUT2D eigenvalue weighted by atomic mass is 10.0. The third-order valence-corrected chi connectivity index (χ3v) is 2.53.